The zero-order chi connectivity index (χ0) is 24.5. The van der Waals surface area contributed by atoms with Gasteiger partial charge in [-0.1, -0.05) is 42.5 Å². The number of esters is 1. The van der Waals surface area contributed by atoms with Gasteiger partial charge in [-0.15, -0.1) is 0 Å². The number of carbonyl (C=O) groups excluding carboxylic acids is 1. The van der Waals surface area contributed by atoms with Crippen molar-refractivity contribution in [3.63, 3.8) is 0 Å². The number of ether oxygens (including phenoxy) is 2. The van der Waals surface area contributed by atoms with Crippen LogP contribution in [0.15, 0.2) is 40.2 Å². The number of hydrogen-bond donors (Lipinski definition) is 0. The lowest BCUT2D eigenvalue weighted by atomic mass is 9.89. The van der Waals surface area contributed by atoms with Crippen molar-refractivity contribution in [3.05, 3.63) is 73.4 Å². The van der Waals surface area contributed by atoms with E-state index in [2.05, 4.69) is 29.2 Å². The Balaban J connectivity index is 1.51. The molecule has 5 heterocycles. The van der Waals surface area contributed by atoms with Gasteiger partial charge in [0, 0.05) is 27.6 Å². The van der Waals surface area contributed by atoms with E-state index in [1.807, 2.05) is 31.2 Å². The molecule has 2 aromatic heterocycles. The lowest BCUT2D eigenvalue weighted by Crippen LogP contribution is -2.38. The Bertz CT molecular complexity index is 1540. The first-order valence-corrected chi connectivity index (χ1v) is 15.2. The molecule has 178 valence electrons. The lowest BCUT2D eigenvalue weighted by Gasteiger charge is -2.23. The fourth-order valence-corrected chi connectivity index (χ4v) is 7.05. The van der Waals surface area contributed by atoms with Crippen molar-refractivity contribution in [2.24, 2.45) is 5.11 Å². The molecule has 1 aromatic carbocycles. The Kier molecular flexibility index (Phi) is 4.73. The summed E-state index contributed by atoms with van der Waals surface area (Å²) < 4.78 is 12.8. The van der Waals surface area contributed by atoms with Crippen LogP contribution in [0.1, 0.15) is 29.2 Å². The van der Waals surface area contributed by atoms with Crippen molar-refractivity contribution in [1.82, 2.24) is 9.55 Å². The standard InChI is InChI=1S/C25H25N5O4Si/c1-14-25(34-14)19-10-21-22-17(11-30(21)23(31)18(19)12-33-24(25)32)15(8-9-35(2,3)13-27-29-26)16-6-4-5-7-20(16)28-22/h4-7,10,14H,8-9,11-13H2,1-3H3/t14?,25-/m0/s1. The summed E-state index contributed by atoms with van der Waals surface area (Å²) in [6, 6.07) is 10.9. The fourth-order valence-electron chi connectivity index (χ4n) is 5.52. The molecule has 0 bridgehead atoms. The molecular formula is C25H25N5O4Si. The van der Waals surface area contributed by atoms with Crippen LogP contribution in [0.25, 0.3) is 32.7 Å². The number of epoxide rings is 1. The molecule has 6 rings (SSSR count). The maximum Gasteiger partial charge on any atom is 0.346 e. The monoisotopic (exact) mass is 487 g/mol. The summed E-state index contributed by atoms with van der Waals surface area (Å²) in [6.45, 7) is 6.67. The van der Waals surface area contributed by atoms with E-state index in [1.165, 1.54) is 5.56 Å². The van der Waals surface area contributed by atoms with Gasteiger partial charge in [-0.3, -0.25) is 4.79 Å². The molecule has 3 aliphatic rings. The summed E-state index contributed by atoms with van der Waals surface area (Å²) in [6.07, 6.45) is 1.04. The van der Waals surface area contributed by atoms with Crippen molar-refractivity contribution in [3.8, 4) is 11.4 Å². The quantitative estimate of drug-likeness (QED) is 0.104. The van der Waals surface area contributed by atoms with Crippen molar-refractivity contribution in [2.75, 3.05) is 6.17 Å². The number of para-hydroxylation sites is 1. The van der Waals surface area contributed by atoms with Crippen LogP contribution in [0, 0.1) is 0 Å². The number of aryl methyl sites for hydroxylation is 1. The van der Waals surface area contributed by atoms with Gasteiger partial charge in [-0.05, 0) is 36.6 Å². The molecule has 1 unspecified atom stereocenters. The second-order valence-corrected chi connectivity index (χ2v) is 15.5. The number of pyridine rings is 2. The molecule has 0 N–H and O–H groups in total. The molecule has 3 aromatic rings. The number of hydrogen-bond acceptors (Lipinski definition) is 6. The zero-order valence-electron chi connectivity index (χ0n) is 19.9. The van der Waals surface area contributed by atoms with Gasteiger partial charge in [-0.25, -0.2) is 9.78 Å². The van der Waals surface area contributed by atoms with Gasteiger partial charge in [-0.2, -0.15) is 0 Å². The van der Waals surface area contributed by atoms with E-state index in [0.29, 0.717) is 23.8 Å². The van der Waals surface area contributed by atoms with Crippen LogP contribution in [-0.4, -0.2) is 35.9 Å². The summed E-state index contributed by atoms with van der Waals surface area (Å²) in [5, 5.41) is 4.93. The Morgan fingerprint density at radius 2 is 2.06 bits per heavy atom. The minimum Gasteiger partial charge on any atom is -0.458 e. The molecule has 0 aliphatic carbocycles. The van der Waals surface area contributed by atoms with E-state index in [1.54, 1.807) is 4.57 Å². The van der Waals surface area contributed by atoms with Crippen molar-refractivity contribution >= 4 is 24.9 Å². The summed E-state index contributed by atoms with van der Waals surface area (Å²) in [7, 11) is -1.75. The molecule has 1 spiro atoms. The molecular weight excluding hydrogens is 462 g/mol. The third kappa shape index (κ3) is 3.17. The Hall–Kier alpha value is -3.46. The maximum atomic E-state index is 13.6. The average Bonchev–Trinajstić information content (AvgIpc) is 3.37. The molecule has 3 aliphatic heterocycles. The smallest absolute Gasteiger partial charge is 0.346 e. The molecule has 0 radical (unpaired) electrons. The van der Waals surface area contributed by atoms with Gasteiger partial charge in [0.2, 0.25) is 5.60 Å². The Morgan fingerprint density at radius 3 is 2.80 bits per heavy atom. The second-order valence-electron chi connectivity index (χ2n) is 10.4. The predicted molar refractivity (Wildman–Crippen MR) is 133 cm³/mol. The highest BCUT2D eigenvalue weighted by atomic mass is 28.3. The summed E-state index contributed by atoms with van der Waals surface area (Å²) >= 11 is 0. The molecule has 0 amide bonds. The first-order valence-electron chi connectivity index (χ1n) is 11.8. The zero-order valence-corrected chi connectivity index (χ0v) is 20.9. The van der Waals surface area contributed by atoms with Gasteiger partial charge < -0.3 is 14.0 Å². The van der Waals surface area contributed by atoms with Crippen LogP contribution >= 0.6 is 0 Å². The average molecular weight is 488 g/mol. The topological polar surface area (TPSA) is 122 Å². The molecule has 0 saturated carbocycles. The van der Waals surface area contributed by atoms with Crippen LogP contribution in [0.3, 0.4) is 0 Å². The summed E-state index contributed by atoms with van der Waals surface area (Å²) in [5.74, 6) is -0.431. The van der Waals surface area contributed by atoms with Crippen molar-refractivity contribution in [2.45, 2.75) is 57.3 Å². The maximum absolute atomic E-state index is 13.6. The minimum atomic E-state index is -1.75. The molecule has 2 atom stereocenters. The highest BCUT2D eigenvalue weighted by Gasteiger charge is 2.65. The van der Waals surface area contributed by atoms with E-state index in [9.17, 15) is 9.59 Å². The van der Waals surface area contributed by atoms with Crippen LogP contribution in [0.5, 0.6) is 0 Å². The number of fused-ring (bicyclic) bond motifs is 6. The van der Waals surface area contributed by atoms with Crippen molar-refractivity contribution < 1.29 is 14.3 Å². The van der Waals surface area contributed by atoms with E-state index in [-0.39, 0.29) is 18.3 Å². The second kappa shape index (κ2) is 7.52. The molecule has 10 heteroatoms. The van der Waals surface area contributed by atoms with E-state index in [0.717, 1.165) is 40.3 Å². The van der Waals surface area contributed by atoms with E-state index in [4.69, 9.17) is 20.0 Å². The number of nitrogens with zero attached hydrogens (tertiary/aromatic N) is 5. The molecule has 1 saturated heterocycles. The first kappa shape index (κ1) is 22.0. The molecule has 1 fully saturated rings. The fraction of sp³-hybridized carbons (Fsp3) is 0.400. The first-order chi connectivity index (χ1) is 16.8. The van der Waals surface area contributed by atoms with Gasteiger partial charge in [0.15, 0.2) is 0 Å². The van der Waals surface area contributed by atoms with Gasteiger partial charge in [0.25, 0.3) is 5.56 Å². The number of rotatable bonds is 5. The number of carbonyl (C=O) groups is 1. The number of cyclic esters (lactones) is 1. The van der Waals surface area contributed by atoms with Gasteiger partial charge >= 0.3 is 5.97 Å². The summed E-state index contributed by atoms with van der Waals surface area (Å²) in [5.41, 5.74) is 13.2. The third-order valence-corrected chi connectivity index (χ3v) is 10.2. The van der Waals surface area contributed by atoms with Crippen LogP contribution in [0.4, 0.5) is 0 Å². The normalized spacial score (nSPS) is 21.8. The van der Waals surface area contributed by atoms with Crippen LogP contribution in [-0.2, 0) is 39.4 Å². The van der Waals surface area contributed by atoms with Crippen LogP contribution < -0.4 is 5.56 Å². The largest absolute Gasteiger partial charge is 0.458 e. The summed E-state index contributed by atoms with van der Waals surface area (Å²) in [4.78, 5) is 34.1. The Morgan fingerprint density at radius 1 is 1.29 bits per heavy atom. The SMILES string of the molecule is CC1O[C@@]12C(=O)OCc1c2cc2n(c1=O)Cc1c-2nc2ccccc2c1CC[Si](C)(C)CN=[N+]=[N-]. The number of aromatic nitrogens is 2. The third-order valence-electron chi connectivity index (χ3n) is 7.61. The highest BCUT2D eigenvalue weighted by Crippen LogP contribution is 2.51. The van der Waals surface area contributed by atoms with Crippen LogP contribution in [0.2, 0.25) is 19.1 Å². The number of benzene rings is 1. The highest BCUT2D eigenvalue weighted by molar-refractivity contribution is 6.77. The van der Waals surface area contributed by atoms with Gasteiger partial charge in [0.05, 0.1) is 37.1 Å². The van der Waals surface area contributed by atoms with Crippen molar-refractivity contribution in [1.29, 1.82) is 0 Å². The van der Waals surface area contributed by atoms with Gasteiger partial charge in [0.1, 0.15) is 12.7 Å². The minimum absolute atomic E-state index is 0.0388. The van der Waals surface area contributed by atoms with E-state index >= 15 is 0 Å². The number of azide groups is 1. The molecule has 35 heavy (non-hydrogen) atoms. The lowest BCUT2D eigenvalue weighted by molar-refractivity contribution is -0.154. The van der Waals surface area contributed by atoms with E-state index < -0.39 is 19.6 Å². The molecule has 9 nitrogen and oxygen atoms in total. The Labute approximate surface area is 202 Å². The predicted octanol–water partition coefficient (Wildman–Crippen LogP) is 4.20.